The summed E-state index contributed by atoms with van der Waals surface area (Å²) in [7, 11) is 0. The summed E-state index contributed by atoms with van der Waals surface area (Å²) in [5, 5.41) is 20.7. The Balaban J connectivity index is 1.56. The van der Waals surface area contributed by atoms with Crippen LogP contribution in [0, 0.1) is 17.8 Å². The third-order valence-electron chi connectivity index (χ3n) is 5.60. The van der Waals surface area contributed by atoms with Crippen LogP contribution in [0.4, 0.5) is 0 Å². The number of nitrogens with one attached hydrogen (secondary N) is 1. The summed E-state index contributed by atoms with van der Waals surface area (Å²) in [6, 6.07) is 6.31. The maximum atomic E-state index is 12.6. The van der Waals surface area contributed by atoms with Gasteiger partial charge in [0.2, 0.25) is 5.91 Å². The summed E-state index contributed by atoms with van der Waals surface area (Å²) in [6.07, 6.45) is 3.36. The number of benzene rings is 1. The number of carboxylic acids is 1. The van der Waals surface area contributed by atoms with Crippen LogP contribution in [0.1, 0.15) is 46.0 Å². The van der Waals surface area contributed by atoms with Gasteiger partial charge in [-0.2, -0.15) is 0 Å². The highest BCUT2D eigenvalue weighted by atomic mass is 16.4. The number of rotatable bonds is 7. The van der Waals surface area contributed by atoms with Crippen LogP contribution < -0.4 is 10.9 Å². The molecule has 156 valence electrons. The largest absolute Gasteiger partial charge is 0.480 e. The van der Waals surface area contributed by atoms with Crippen LogP contribution in [0.5, 0.6) is 0 Å². The molecule has 8 nitrogen and oxygen atoms in total. The Bertz CT molecular complexity index is 932. The Morgan fingerprint density at radius 1 is 1.21 bits per heavy atom. The molecule has 1 aliphatic rings. The van der Waals surface area contributed by atoms with Crippen molar-refractivity contribution in [3.05, 3.63) is 34.6 Å². The summed E-state index contributed by atoms with van der Waals surface area (Å²) in [6.45, 7) is 4.35. The Morgan fingerprint density at radius 2 is 1.90 bits per heavy atom. The molecule has 2 N–H and O–H groups in total. The lowest BCUT2D eigenvalue weighted by molar-refractivity contribution is -0.143. The lowest BCUT2D eigenvalue weighted by atomic mass is 9.81. The monoisotopic (exact) mass is 400 g/mol. The van der Waals surface area contributed by atoms with E-state index in [2.05, 4.69) is 15.6 Å². The van der Waals surface area contributed by atoms with E-state index < -0.39 is 12.0 Å². The van der Waals surface area contributed by atoms with E-state index in [0.717, 1.165) is 12.8 Å². The second-order valence-corrected chi connectivity index (χ2v) is 8.34. The van der Waals surface area contributed by atoms with Gasteiger partial charge >= 0.3 is 5.97 Å². The van der Waals surface area contributed by atoms with E-state index in [4.69, 9.17) is 0 Å². The fraction of sp³-hybridized carbons (Fsp3) is 0.571. The third kappa shape index (κ3) is 5.19. The number of nitrogens with zero attached hydrogens (tertiary/aromatic N) is 3. The molecular weight excluding hydrogens is 372 g/mol. The summed E-state index contributed by atoms with van der Waals surface area (Å²) in [5.74, 6) is -0.916. The molecule has 1 aromatic heterocycles. The number of aromatic nitrogens is 3. The molecule has 0 aliphatic heterocycles. The highest BCUT2D eigenvalue weighted by molar-refractivity contribution is 5.85. The van der Waals surface area contributed by atoms with Gasteiger partial charge in [-0.05, 0) is 56.1 Å². The smallest absolute Gasteiger partial charge is 0.326 e. The number of hydrogen-bond acceptors (Lipinski definition) is 5. The van der Waals surface area contributed by atoms with Crippen molar-refractivity contribution in [1.29, 1.82) is 0 Å². The Hall–Kier alpha value is -2.77. The average Bonchev–Trinajstić information content (AvgIpc) is 2.70. The van der Waals surface area contributed by atoms with Crippen LogP contribution in [0.3, 0.4) is 0 Å². The van der Waals surface area contributed by atoms with Gasteiger partial charge in [0.05, 0.1) is 5.39 Å². The predicted octanol–water partition coefficient (Wildman–Crippen LogP) is 2.21. The number of hydrogen-bond donors (Lipinski definition) is 2. The lowest BCUT2D eigenvalue weighted by Crippen LogP contribution is -2.45. The molecule has 1 amide bonds. The minimum absolute atomic E-state index is 0.145. The first kappa shape index (κ1) is 21.0. The molecule has 1 heterocycles. The number of carbonyl (C=O) groups is 2. The molecule has 2 aromatic rings. The minimum atomic E-state index is -0.991. The summed E-state index contributed by atoms with van der Waals surface area (Å²) >= 11 is 0. The molecule has 0 saturated heterocycles. The number of amides is 1. The van der Waals surface area contributed by atoms with E-state index in [1.807, 2.05) is 26.0 Å². The molecule has 0 bridgehead atoms. The lowest BCUT2D eigenvalue weighted by Gasteiger charge is -2.28. The standard InChI is InChI=1S/C21H28N4O4/c1-13(2)11-18(21(28)29)22-19(26)15-9-7-14(8-10-15)12-25-20(27)16-5-3-4-6-17(16)23-24-25/h3-6,13-15,18H,7-12H2,1-2H3,(H,22,26)(H,28,29)/t14?,15?,18-/m0/s1. The van der Waals surface area contributed by atoms with Crippen LogP contribution in [0.2, 0.25) is 0 Å². The maximum Gasteiger partial charge on any atom is 0.326 e. The Labute approximate surface area is 169 Å². The Morgan fingerprint density at radius 3 is 2.55 bits per heavy atom. The van der Waals surface area contributed by atoms with E-state index in [9.17, 15) is 19.5 Å². The summed E-state index contributed by atoms with van der Waals surface area (Å²) in [5.41, 5.74) is 0.442. The number of fused-ring (bicyclic) bond motifs is 1. The van der Waals surface area contributed by atoms with Crippen molar-refractivity contribution in [3.8, 4) is 0 Å². The van der Waals surface area contributed by atoms with Crippen molar-refractivity contribution < 1.29 is 14.7 Å². The van der Waals surface area contributed by atoms with E-state index >= 15 is 0 Å². The molecule has 1 saturated carbocycles. The molecule has 1 fully saturated rings. The number of carbonyl (C=O) groups excluding carboxylic acids is 1. The molecule has 1 atom stereocenters. The van der Waals surface area contributed by atoms with Crippen LogP contribution in [-0.2, 0) is 16.1 Å². The van der Waals surface area contributed by atoms with Crippen molar-refractivity contribution in [2.24, 2.45) is 17.8 Å². The van der Waals surface area contributed by atoms with E-state index in [0.29, 0.717) is 36.7 Å². The van der Waals surface area contributed by atoms with Gasteiger partial charge in [0.15, 0.2) is 0 Å². The highest BCUT2D eigenvalue weighted by Crippen LogP contribution is 2.30. The molecule has 1 aromatic carbocycles. The Kier molecular flexibility index (Phi) is 6.61. The van der Waals surface area contributed by atoms with Crippen molar-refractivity contribution >= 4 is 22.8 Å². The van der Waals surface area contributed by atoms with Gasteiger partial charge in [-0.3, -0.25) is 9.59 Å². The molecule has 8 heteroatoms. The van der Waals surface area contributed by atoms with Crippen LogP contribution in [0.15, 0.2) is 29.1 Å². The summed E-state index contributed by atoms with van der Waals surface area (Å²) < 4.78 is 1.41. The number of carboxylic acid groups (broad SMARTS) is 1. The van der Waals surface area contributed by atoms with Gasteiger partial charge < -0.3 is 10.4 Å². The van der Waals surface area contributed by atoms with Crippen molar-refractivity contribution in [2.45, 2.75) is 58.5 Å². The van der Waals surface area contributed by atoms with Crippen LogP contribution >= 0.6 is 0 Å². The zero-order valence-electron chi connectivity index (χ0n) is 16.9. The van der Waals surface area contributed by atoms with Crippen LogP contribution in [0.25, 0.3) is 10.9 Å². The van der Waals surface area contributed by atoms with E-state index in [-0.39, 0.29) is 29.2 Å². The maximum absolute atomic E-state index is 12.6. The van der Waals surface area contributed by atoms with Crippen molar-refractivity contribution in [1.82, 2.24) is 20.3 Å². The molecule has 0 unspecified atom stereocenters. The molecular formula is C21H28N4O4. The van der Waals surface area contributed by atoms with Gasteiger partial charge in [-0.25, -0.2) is 9.48 Å². The first-order valence-electron chi connectivity index (χ1n) is 10.2. The molecule has 1 aliphatic carbocycles. The van der Waals surface area contributed by atoms with Gasteiger partial charge in [0, 0.05) is 12.5 Å². The summed E-state index contributed by atoms with van der Waals surface area (Å²) in [4.78, 5) is 36.5. The van der Waals surface area contributed by atoms with Gasteiger partial charge in [-0.1, -0.05) is 31.2 Å². The topological polar surface area (TPSA) is 114 Å². The van der Waals surface area contributed by atoms with Crippen molar-refractivity contribution in [3.63, 3.8) is 0 Å². The second-order valence-electron chi connectivity index (χ2n) is 8.34. The zero-order chi connectivity index (χ0) is 21.0. The van der Waals surface area contributed by atoms with Crippen molar-refractivity contribution in [2.75, 3.05) is 0 Å². The first-order valence-corrected chi connectivity index (χ1v) is 10.2. The first-order chi connectivity index (χ1) is 13.8. The van der Waals surface area contributed by atoms with Gasteiger partial charge in [0.25, 0.3) is 5.56 Å². The highest BCUT2D eigenvalue weighted by Gasteiger charge is 2.30. The minimum Gasteiger partial charge on any atom is -0.480 e. The normalized spacial score (nSPS) is 20.5. The average molecular weight is 400 g/mol. The fourth-order valence-electron chi connectivity index (χ4n) is 3.98. The predicted molar refractivity (Wildman–Crippen MR) is 108 cm³/mol. The van der Waals surface area contributed by atoms with E-state index in [1.165, 1.54) is 4.68 Å². The second kappa shape index (κ2) is 9.15. The zero-order valence-corrected chi connectivity index (χ0v) is 16.9. The quantitative estimate of drug-likeness (QED) is 0.736. The molecule has 29 heavy (non-hydrogen) atoms. The third-order valence-corrected chi connectivity index (χ3v) is 5.60. The fourth-order valence-corrected chi connectivity index (χ4v) is 3.98. The van der Waals surface area contributed by atoms with Gasteiger partial charge in [0.1, 0.15) is 11.6 Å². The van der Waals surface area contributed by atoms with Crippen LogP contribution in [-0.4, -0.2) is 38.0 Å². The number of aliphatic carboxylic acids is 1. The SMILES string of the molecule is CC(C)C[C@H](NC(=O)C1CCC(Cn2nnc3ccccc3c2=O)CC1)C(=O)O. The van der Waals surface area contributed by atoms with Gasteiger partial charge in [-0.15, -0.1) is 5.10 Å². The molecule has 0 radical (unpaired) electrons. The molecule has 0 spiro atoms. The molecule has 3 rings (SSSR count). The van der Waals surface area contributed by atoms with E-state index in [1.54, 1.807) is 12.1 Å².